The number of hydrogen-bond donors (Lipinski definition) is 1. The van der Waals surface area contributed by atoms with Crippen molar-refractivity contribution >= 4 is 0 Å². The Balaban J connectivity index is 1.27. The summed E-state index contributed by atoms with van der Waals surface area (Å²) in [5, 5.41) is 7.48. The summed E-state index contributed by atoms with van der Waals surface area (Å²) in [5.74, 6) is 0.591. The van der Waals surface area contributed by atoms with Gasteiger partial charge in [-0.1, -0.05) is 6.07 Å². The van der Waals surface area contributed by atoms with Gasteiger partial charge in [-0.05, 0) is 54.9 Å². The summed E-state index contributed by atoms with van der Waals surface area (Å²) >= 11 is 0. The monoisotopic (exact) mass is 416 g/mol. The fraction of sp³-hybridized carbons (Fsp3) is 0.364. The maximum absolute atomic E-state index is 12.8. The topological polar surface area (TPSA) is 54.0 Å². The molecule has 2 aromatic heterocycles. The van der Waals surface area contributed by atoms with E-state index in [2.05, 4.69) is 20.1 Å². The maximum Gasteiger partial charge on any atom is 0.416 e. The predicted octanol–water partition coefficient (Wildman–Crippen LogP) is 4.43. The van der Waals surface area contributed by atoms with Crippen molar-refractivity contribution in [1.29, 1.82) is 0 Å². The zero-order valence-electron chi connectivity index (χ0n) is 16.4. The molecule has 3 aromatic rings. The highest BCUT2D eigenvalue weighted by Gasteiger charge is 2.30. The molecule has 0 bridgehead atoms. The number of pyridine rings is 1. The summed E-state index contributed by atoms with van der Waals surface area (Å²) in [6.45, 7) is 3.16. The second kappa shape index (κ2) is 8.87. The van der Waals surface area contributed by atoms with Crippen LogP contribution in [0.4, 0.5) is 13.2 Å². The first-order valence-electron chi connectivity index (χ1n) is 9.93. The van der Waals surface area contributed by atoms with Crippen LogP contribution in [0.5, 0.6) is 5.75 Å². The third kappa shape index (κ3) is 5.18. The summed E-state index contributed by atoms with van der Waals surface area (Å²) in [4.78, 5) is 6.46. The first-order chi connectivity index (χ1) is 14.5. The number of ether oxygens (including phenoxy) is 1. The van der Waals surface area contributed by atoms with Crippen LogP contribution in [0.1, 0.15) is 34.9 Å². The fourth-order valence-corrected chi connectivity index (χ4v) is 3.72. The average Bonchev–Trinajstić information content (AvgIpc) is 3.38. The Morgan fingerprint density at radius 2 is 1.97 bits per heavy atom. The van der Waals surface area contributed by atoms with Gasteiger partial charge in [-0.25, -0.2) is 0 Å². The van der Waals surface area contributed by atoms with E-state index in [-0.39, 0.29) is 12.4 Å². The number of nitrogens with one attached hydrogen (secondary N) is 1. The van der Waals surface area contributed by atoms with Gasteiger partial charge in [0.1, 0.15) is 5.75 Å². The molecule has 1 aliphatic heterocycles. The lowest BCUT2D eigenvalue weighted by Crippen LogP contribution is -2.19. The Kier molecular flexibility index (Phi) is 6.03. The quantitative estimate of drug-likeness (QED) is 0.619. The standard InChI is InChI=1S/C22H23F3N4O/c23-22(24,25)18-2-1-3-20(12-18)30-11-7-19-13-21(28-27-19)17-6-10-29(15-17)14-16-4-8-26-9-5-16/h1-5,8-9,12-13,17H,6-7,10-11,14-15H2,(H,27,28). The van der Waals surface area contributed by atoms with Crippen molar-refractivity contribution in [3.8, 4) is 5.75 Å². The van der Waals surface area contributed by atoms with Crippen molar-refractivity contribution in [3.63, 3.8) is 0 Å². The minimum Gasteiger partial charge on any atom is -0.493 e. The molecule has 1 N–H and O–H groups in total. The number of halogens is 3. The molecule has 4 rings (SSSR count). The van der Waals surface area contributed by atoms with Crippen LogP contribution in [0.2, 0.25) is 0 Å². The van der Waals surface area contributed by atoms with Crippen molar-refractivity contribution in [2.45, 2.75) is 31.5 Å². The maximum atomic E-state index is 12.8. The summed E-state index contributed by atoms with van der Waals surface area (Å²) < 4.78 is 43.8. The average molecular weight is 416 g/mol. The molecule has 1 aliphatic rings. The molecule has 1 atom stereocenters. The number of aromatic nitrogens is 3. The second-order valence-electron chi connectivity index (χ2n) is 7.52. The second-order valence-corrected chi connectivity index (χ2v) is 7.52. The lowest BCUT2D eigenvalue weighted by molar-refractivity contribution is -0.137. The number of nitrogens with zero attached hydrogens (tertiary/aromatic N) is 3. The highest BCUT2D eigenvalue weighted by atomic mass is 19.4. The summed E-state index contributed by atoms with van der Waals surface area (Å²) in [6, 6.07) is 11.0. The predicted molar refractivity (Wildman–Crippen MR) is 106 cm³/mol. The zero-order chi connectivity index (χ0) is 21.0. The third-order valence-corrected chi connectivity index (χ3v) is 5.30. The lowest BCUT2D eigenvalue weighted by Gasteiger charge is -2.15. The van der Waals surface area contributed by atoms with Crippen LogP contribution in [-0.2, 0) is 19.1 Å². The highest BCUT2D eigenvalue weighted by molar-refractivity contribution is 5.30. The molecule has 8 heteroatoms. The number of alkyl halides is 3. The molecular weight excluding hydrogens is 393 g/mol. The van der Waals surface area contributed by atoms with E-state index >= 15 is 0 Å². The van der Waals surface area contributed by atoms with E-state index in [1.165, 1.54) is 17.7 Å². The van der Waals surface area contributed by atoms with Crippen molar-refractivity contribution < 1.29 is 17.9 Å². The minimum atomic E-state index is -4.37. The van der Waals surface area contributed by atoms with Gasteiger partial charge in [-0.3, -0.25) is 15.0 Å². The summed E-state index contributed by atoms with van der Waals surface area (Å²) in [6.07, 6.45) is 0.853. The van der Waals surface area contributed by atoms with E-state index in [4.69, 9.17) is 4.74 Å². The summed E-state index contributed by atoms with van der Waals surface area (Å²) in [5.41, 5.74) is 2.49. The molecule has 1 unspecified atom stereocenters. The van der Waals surface area contributed by atoms with Gasteiger partial charge in [-0.2, -0.15) is 18.3 Å². The number of rotatable bonds is 7. The first kappa shape index (κ1) is 20.4. The van der Waals surface area contributed by atoms with Crippen molar-refractivity contribution in [2.24, 2.45) is 0 Å². The van der Waals surface area contributed by atoms with E-state index in [9.17, 15) is 13.2 Å². The van der Waals surface area contributed by atoms with Crippen LogP contribution in [0.15, 0.2) is 54.9 Å². The molecule has 1 saturated heterocycles. The Morgan fingerprint density at radius 1 is 1.13 bits per heavy atom. The summed E-state index contributed by atoms with van der Waals surface area (Å²) in [7, 11) is 0. The highest BCUT2D eigenvalue weighted by Crippen LogP contribution is 2.31. The third-order valence-electron chi connectivity index (χ3n) is 5.30. The van der Waals surface area contributed by atoms with Gasteiger partial charge >= 0.3 is 6.18 Å². The van der Waals surface area contributed by atoms with E-state index in [1.807, 2.05) is 30.6 Å². The van der Waals surface area contributed by atoms with Crippen LogP contribution in [0, 0.1) is 0 Å². The van der Waals surface area contributed by atoms with Gasteiger partial charge in [0.25, 0.3) is 0 Å². The van der Waals surface area contributed by atoms with Crippen molar-refractivity contribution in [2.75, 3.05) is 19.7 Å². The van der Waals surface area contributed by atoms with E-state index < -0.39 is 11.7 Å². The Morgan fingerprint density at radius 3 is 2.77 bits per heavy atom. The number of hydrogen-bond acceptors (Lipinski definition) is 4. The molecule has 30 heavy (non-hydrogen) atoms. The molecular formula is C22H23F3N4O. The molecule has 0 saturated carbocycles. The van der Waals surface area contributed by atoms with E-state index in [0.29, 0.717) is 12.3 Å². The van der Waals surface area contributed by atoms with Gasteiger partial charge in [0.2, 0.25) is 0 Å². The number of H-pyrrole nitrogens is 1. The van der Waals surface area contributed by atoms with Gasteiger partial charge < -0.3 is 4.74 Å². The number of benzene rings is 1. The van der Waals surface area contributed by atoms with E-state index in [1.54, 1.807) is 0 Å². The van der Waals surface area contributed by atoms with Crippen LogP contribution in [0.25, 0.3) is 0 Å². The Hall–Kier alpha value is -2.87. The number of likely N-dealkylation sites (tertiary alicyclic amines) is 1. The molecule has 3 heterocycles. The van der Waals surface area contributed by atoms with Gasteiger partial charge in [0.15, 0.2) is 0 Å². The number of aromatic amines is 1. The van der Waals surface area contributed by atoms with Crippen LogP contribution >= 0.6 is 0 Å². The minimum absolute atomic E-state index is 0.215. The van der Waals surface area contributed by atoms with E-state index in [0.717, 1.165) is 49.6 Å². The van der Waals surface area contributed by atoms with Crippen molar-refractivity contribution in [3.05, 3.63) is 77.4 Å². The van der Waals surface area contributed by atoms with Crippen LogP contribution in [-0.4, -0.2) is 39.8 Å². The lowest BCUT2D eigenvalue weighted by atomic mass is 10.0. The molecule has 0 spiro atoms. The fourth-order valence-electron chi connectivity index (χ4n) is 3.72. The molecule has 5 nitrogen and oxygen atoms in total. The van der Waals surface area contributed by atoms with Crippen molar-refractivity contribution in [1.82, 2.24) is 20.1 Å². The molecule has 0 radical (unpaired) electrons. The smallest absolute Gasteiger partial charge is 0.416 e. The zero-order valence-corrected chi connectivity index (χ0v) is 16.4. The van der Waals surface area contributed by atoms with Gasteiger partial charge in [-0.15, -0.1) is 0 Å². The van der Waals surface area contributed by atoms with Crippen LogP contribution < -0.4 is 4.74 Å². The van der Waals surface area contributed by atoms with Gasteiger partial charge in [0, 0.05) is 43.5 Å². The molecule has 158 valence electrons. The molecule has 0 amide bonds. The largest absolute Gasteiger partial charge is 0.493 e. The SMILES string of the molecule is FC(F)(F)c1cccc(OCCc2cc(C3CCN(Cc4ccncc4)C3)n[nH]2)c1. The molecule has 1 fully saturated rings. The Bertz CT molecular complexity index is 958. The van der Waals surface area contributed by atoms with Gasteiger partial charge in [0.05, 0.1) is 17.9 Å². The molecule has 0 aliphatic carbocycles. The Labute approximate surface area is 172 Å². The molecule has 1 aromatic carbocycles. The first-order valence-corrected chi connectivity index (χ1v) is 9.93. The van der Waals surface area contributed by atoms with Crippen LogP contribution in [0.3, 0.4) is 0 Å². The normalized spacial score (nSPS) is 17.4.